The summed E-state index contributed by atoms with van der Waals surface area (Å²) in [6, 6.07) is 4.89. The Morgan fingerprint density at radius 2 is 1.96 bits per heavy atom. The van der Waals surface area contributed by atoms with Crippen molar-refractivity contribution < 1.29 is 23.9 Å². The van der Waals surface area contributed by atoms with E-state index in [1.165, 1.54) is 7.11 Å². The van der Waals surface area contributed by atoms with Gasteiger partial charge < -0.3 is 14.5 Å². The number of aromatic amines is 1. The van der Waals surface area contributed by atoms with Crippen molar-refractivity contribution in [2.75, 3.05) is 12.4 Å². The average molecular weight is 318 g/mol. The number of fused-ring (bicyclic) bond motifs is 1. The van der Waals surface area contributed by atoms with Crippen LogP contribution in [0.1, 0.15) is 41.5 Å². The fourth-order valence-electron chi connectivity index (χ4n) is 2.18. The monoisotopic (exact) mass is 318 g/mol. The average Bonchev–Trinajstić information content (AvgIpc) is 2.80. The van der Waals surface area contributed by atoms with Gasteiger partial charge in [0.2, 0.25) is 0 Å². The fourth-order valence-corrected chi connectivity index (χ4v) is 2.18. The SMILES string of the molecule is COC(=O)c1cccc2[nH]c(NC(=O)OC(C)(C)C)c(C=O)c12. The molecule has 1 heterocycles. The van der Waals surface area contributed by atoms with Crippen LogP contribution in [0.3, 0.4) is 0 Å². The predicted molar refractivity (Wildman–Crippen MR) is 84.9 cm³/mol. The lowest BCUT2D eigenvalue weighted by molar-refractivity contribution is 0.0600. The van der Waals surface area contributed by atoms with E-state index in [1.807, 2.05) is 0 Å². The molecule has 1 amide bonds. The van der Waals surface area contributed by atoms with Crippen molar-refractivity contribution in [3.63, 3.8) is 0 Å². The number of carbonyl (C=O) groups is 3. The van der Waals surface area contributed by atoms with Crippen molar-refractivity contribution in [3.8, 4) is 0 Å². The van der Waals surface area contributed by atoms with E-state index in [9.17, 15) is 14.4 Å². The second kappa shape index (κ2) is 6.12. The number of methoxy groups -OCH3 is 1. The molecule has 2 rings (SSSR count). The third-order valence-corrected chi connectivity index (χ3v) is 3.01. The number of benzene rings is 1. The lowest BCUT2D eigenvalue weighted by atomic mass is 10.1. The Morgan fingerprint density at radius 1 is 1.26 bits per heavy atom. The topological polar surface area (TPSA) is 97.5 Å². The molecule has 0 saturated carbocycles. The van der Waals surface area contributed by atoms with Crippen molar-refractivity contribution in [3.05, 3.63) is 29.3 Å². The van der Waals surface area contributed by atoms with Gasteiger partial charge in [-0.15, -0.1) is 0 Å². The molecule has 0 saturated heterocycles. The van der Waals surface area contributed by atoms with Gasteiger partial charge in [-0.1, -0.05) is 6.07 Å². The second-order valence-electron chi connectivity index (χ2n) is 5.88. The third kappa shape index (κ3) is 3.50. The summed E-state index contributed by atoms with van der Waals surface area (Å²) < 4.78 is 9.88. The number of rotatable bonds is 3. The molecule has 0 aliphatic heterocycles. The van der Waals surface area contributed by atoms with E-state index in [2.05, 4.69) is 10.3 Å². The third-order valence-electron chi connectivity index (χ3n) is 3.01. The maximum atomic E-state index is 11.9. The van der Waals surface area contributed by atoms with Crippen LogP contribution in [0.5, 0.6) is 0 Å². The van der Waals surface area contributed by atoms with Crippen LogP contribution in [0.15, 0.2) is 18.2 Å². The Morgan fingerprint density at radius 3 is 2.52 bits per heavy atom. The molecule has 2 aromatic rings. The quantitative estimate of drug-likeness (QED) is 0.669. The Bertz CT molecular complexity index is 771. The van der Waals surface area contributed by atoms with Crippen LogP contribution in [0.25, 0.3) is 10.9 Å². The Kier molecular flexibility index (Phi) is 4.40. The molecule has 1 aromatic carbocycles. The van der Waals surface area contributed by atoms with Gasteiger partial charge in [0, 0.05) is 10.9 Å². The predicted octanol–water partition coefficient (Wildman–Crippen LogP) is 3.11. The maximum absolute atomic E-state index is 11.9. The summed E-state index contributed by atoms with van der Waals surface area (Å²) in [4.78, 5) is 38.1. The van der Waals surface area contributed by atoms with E-state index in [0.29, 0.717) is 17.2 Å². The number of H-pyrrole nitrogens is 1. The highest BCUT2D eigenvalue weighted by Crippen LogP contribution is 2.28. The normalized spacial score (nSPS) is 11.1. The van der Waals surface area contributed by atoms with E-state index < -0.39 is 17.7 Å². The summed E-state index contributed by atoms with van der Waals surface area (Å²) in [5, 5.41) is 2.88. The smallest absolute Gasteiger partial charge is 0.413 e. The van der Waals surface area contributed by atoms with Crippen LogP contribution in [0, 0.1) is 0 Å². The first-order chi connectivity index (χ1) is 10.8. The van der Waals surface area contributed by atoms with E-state index in [-0.39, 0.29) is 16.9 Å². The Labute approximate surface area is 133 Å². The molecule has 0 unspecified atom stereocenters. The minimum atomic E-state index is -0.702. The van der Waals surface area contributed by atoms with Crippen LogP contribution in [-0.2, 0) is 9.47 Å². The molecule has 0 aliphatic carbocycles. The first kappa shape index (κ1) is 16.5. The number of aldehydes is 1. The van der Waals surface area contributed by atoms with Gasteiger partial charge >= 0.3 is 12.1 Å². The molecule has 7 heteroatoms. The number of nitrogens with one attached hydrogen (secondary N) is 2. The zero-order valence-electron chi connectivity index (χ0n) is 13.4. The van der Waals surface area contributed by atoms with Gasteiger partial charge in [-0.05, 0) is 32.9 Å². The molecular weight excluding hydrogens is 300 g/mol. The number of amides is 1. The highest BCUT2D eigenvalue weighted by Gasteiger charge is 2.22. The summed E-state index contributed by atoms with van der Waals surface area (Å²) in [5.41, 5.74) is 0.253. The van der Waals surface area contributed by atoms with Gasteiger partial charge in [0.1, 0.15) is 11.4 Å². The van der Waals surface area contributed by atoms with Crippen LogP contribution in [0.2, 0.25) is 0 Å². The van der Waals surface area contributed by atoms with Crippen molar-refractivity contribution in [2.45, 2.75) is 26.4 Å². The molecule has 23 heavy (non-hydrogen) atoms. The van der Waals surface area contributed by atoms with Gasteiger partial charge in [-0.3, -0.25) is 10.1 Å². The Hall–Kier alpha value is -2.83. The number of esters is 1. The highest BCUT2D eigenvalue weighted by molar-refractivity contribution is 6.14. The molecule has 0 aliphatic rings. The molecule has 122 valence electrons. The van der Waals surface area contributed by atoms with Crippen LogP contribution in [0.4, 0.5) is 10.6 Å². The molecule has 0 radical (unpaired) electrons. The highest BCUT2D eigenvalue weighted by atomic mass is 16.6. The fraction of sp³-hybridized carbons (Fsp3) is 0.312. The number of ether oxygens (including phenoxy) is 2. The molecule has 0 fully saturated rings. The number of anilines is 1. The largest absolute Gasteiger partial charge is 0.465 e. The first-order valence-electron chi connectivity index (χ1n) is 6.95. The summed E-state index contributed by atoms with van der Waals surface area (Å²) >= 11 is 0. The van der Waals surface area contributed by atoms with Crippen LogP contribution < -0.4 is 5.32 Å². The van der Waals surface area contributed by atoms with Gasteiger partial charge in [-0.2, -0.15) is 0 Å². The number of carbonyl (C=O) groups excluding carboxylic acids is 3. The van der Waals surface area contributed by atoms with Gasteiger partial charge in [-0.25, -0.2) is 9.59 Å². The van der Waals surface area contributed by atoms with Gasteiger partial charge in [0.05, 0.1) is 18.2 Å². The van der Waals surface area contributed by atoms with E-state index in [0.717, 1.165) is 0 Å². The Balaban J connectivity index is 2.48. The zero-order chi connectivity index (χ0) is 17.2. The standard InChI is InChI=1S/C16H18N2O5/c1-16(2,3)23-15(21)18-13-10(8-19)12-9(14(20)22-4)6-5-7-11(12)17-13/h5-8,17H,1-4H3,(H,18,21). The maximum Gasteiger partial charge on any atom is 0.413 e. The molecule has 1 aromatic heterocycles. The van der Waals surface area contributed by atoms with Crippen molar-refractivity contribution >= 4 is 35.1 Å². The molecule has 2 N–H and O–H groups in total. The summed E-state index contributed by atoms with van der Waals surface area (Å²) in [6.45, 7) is 5.19. The number of hydrogen-bond donors (Lipinski definition) is 2. The molecule has 0 spiro atoms. The first-order valence-corrected chi connectivity index (χ1v) is 6.95. The molecule has 0 atom stereocenters. The molecule has 0 bridgehead atoms. The van der Waals surface area contributed by atoms with Crippen molar-refractivity contribution in [1.29, 1.82) is 0 Å². The lowest BCUT2D eigenvalue weighted by Crippen LogP contribution is -2.27. The zero-order valence-corrected chi connectivity index (χ0v) is 13.4. The van der Waals surface area contributed by atoms with E-state index in [4.69, 9.17) is 9.47 Å². The minimum absolute atomic E-state index is 0.159. The number of hydrogen-bond acceptors (Lipinski definition) is 5. The van der Waals surface area contributed by atoms with Crippen molar-refractivity contribution in [1.82, 2.24) is 4.98 Å². The van der Waals surface area contributed by atoms with Gasteiger partial charge in [0.25, 0.3) is 0 Å². The van der Waals surface area contributed by atoms with E-state index in [1.54, 1.807) is 39.0 Å². The molecule has 7 nitrogen and oxygen atoms in total. The minimum Gasteiger partial charge on any atom is -0.465 e. The van der Waals surface area contributed by atoms with Crippen molar-refractivity contribution in [2.24, 2.45) is 0 Å². The number of aromatic nitrogens is 1. The van der Waals surface area contributed by atoms with Gasteiger partial charge in [0.15, 0.2) is 6.29 Å². The molecular formula is C16H18N2O5. The van der Waals surface area contributed by atoms with Crippen LogP contribution in [-0.4, -0.2) is 36.0 Å². The summed E-state index contributed by atoms with van der Waals surface area (Å²) in [6.07, 6.45) is -0.135. The second-order valence-corrected chi connectivity index (χ2v) is 5.88. The lowest BCUT2D eigenvalue weighted by Gasteiger charge is -2.19. The van der Waals surface area contributed by atoms with Crippen LogP contribution >= 0.6 is 0 Å². The summed E-state index contributed by atoms with van der Waals surface area (Å²) in [7, 11) is 1.26. The summed E-state index contributed by atoms with van der Waals surface area (Å²) in [5.74, 6) is -0.401. The van der Waals surface area contributed by atoms with E-state index >= 15 is 0 Å².